The molecule has 1 amide bonds. The van der Waals surface area contributed by atoms with Gasteiger partial charge in [0.05, 0.1) is 22.8 Å². The number of hydrogen-bond acceptors (Lipinski definition) is 3. The number of amides is 1. The van der Waals surface area contributed by atoms with Gasteiger partial charge in [0.1, 0.15) is 0 Å². The molecule has 9 heteroatoms. The summed E-state index contributed by atoms with van der Waals surface area (Å²) in [5.41, 5.74) is 0.762. The number of hydrogen-bond donors (Lipinski definition) is 1. The molecule has 1 aromatic heterocycles. The Morgan fingerprint density at radius 3 is 2.46 bits per heavy atom. The summed E-state index contributed by atoms with van der Waals surface area (Å²) in [5.74, 6) is -0.168. The maximum absolute atomic E-state index is 14.3. The molecule has 0 radical (unpaired) electrons. The highest BCUT2D eigenvalue weighted by molar-refractivity contribution is 6.32. The highest BCUT2D eigenvalue weighted by Gasteiger charge is 2.43. The topological polar surface area (TPSA) is 50.2 Å². The van der Waals surface area contributed by atoms with E-state index in [1.165, 1.54) is 4.90 Å². The first kappa shape index (κ1) is 27.4. The van der Waals surface area contributed by atoms with Gasteiger partial charge in [-0.25, -0.2) is 0 Å². The van der Waals surface area contributed by atoms with Gasteiger partial charge in [-0.3, -0.25) is 9.48 Å². The van der Waals surface area contributed by atoms with Crippen LogP contribution in [0, 0.1) is 11.3 Å². The van der Waals surface area contributed by atoms with Crippen LogP contribution in [-0.2, 0) is 6.18 Å². The van der Waals surface area contributed by atoms with Crippen LogP contribution < -0.4 is 5.32 Å². The Morgan fingerprint density at radius 2 is 1.89 bits per heavy atom. The summed E-state index contributed by atoms with van der Waals surface area (Å²) in [4.78, 5) is 15.1. The minimum absolute atomic E-state index is 0.226. The van der Waals surface area contributed by atoms with Crippen LogP contribution in [0.4, 0.5) is 13.2 Å². The van der Waals surface area contributed by atoms with Crippen LogP contribution in [0.2, 0.25) is 0 Å². The lowest BCUT2D eigenvalue weighted by molar-refractivity contribution is -0.145. The Hall–Kier alpha value is -2.22. The molecule has 0 unspecified atom stereocenters. The molecule has 1 aliphatic carbocycles. The molecule has 0 saturated heterocycles. The van der Waals surface area contributed by atoms with E-state index >= 15 is 0 Å². The van der Waals surface area contributed by atoms with Gasteiger partial charge in [-0.05, 0) is 61.5 Å². The molecule has 2 heterocycles. The number of carbonyl (C=O) groups is 1. The highest BCUT2D eigenvalue weighted by Crippen LogP contribution is 2.39. The van der Waals surface area contributed by atoms with E-state index in [1.54, 1.807) is 6.20 Å². The number of allylic oxidation sites excluding steroid dienone is 2. The molecular formula is C26H36ClF3N4O. The van der Waals surface area contributed by atoms with Gasteiger partial charge in [0, 0.05) is 25.0 Å². The van der Waals surface area contributed by atoms with Crippen molar-refractivity contribution in [1.82, 2.24) is 20.0 Å². The van der Waals surface area contributed by atoms with Crippen molar-refractivity contribution in [3.8, 4) is 0 Å². The molecule has 1 fully saturated rings. The number of rotatable bonds is 6. The molecule has 3 rings (SSSR count). The zero-order valence-corrected chi connectivity index (χ0v) is 22.0. The first-order valence-electron chi connectivity index (χ1n) is 12.1. The van der Waals surface area contributed by atoms with E-state index in [1.807, 2.05) is 27.7 Å². The molecule has 194 valence electrons. The van der Waals surface area contributed by atoms with Crippen LogP contribution in [0.5, 0.6) is 0 Å². The van der Waals surface area contributed by atoms with Crippen LogP contribution in [0.3, 0.4) is 0 Å². The number of aromatic nitrogens is 2. The predicted molar refractivity (Wildman–Crippen MR) is 133 cm³/mol. The zero-order chi connectivity index (χ0) is 26.1. The Morgan fingerprint density at radius 1 is 1.26 bits per heavy atom. The monoisotopic (exact) mass is 512 g/mol. The van der Waals surface area contributed by atoms with Gasteiger partial charge in [0.15, 0.2) is 5.69 Å². The molecule has 0 spiro atoms. The Bertz CT molecular complexity index is 1020. The van der Waals surface area contributed by atoms with Gasteiger partial charge in [-0.15, -0.1) is 0 Å². The lowest BCUT2D eigenvalue weighted by Crippen LogP contribution is -2.39. The fourth-order valence-corrected chi connectivity index (χ4v) is 5.11. The van der Waals surface area contributed by atoms with Crippen LogP contribution in [-0.4, -0.2) is 33.7 Å². The largest absolute Gasteiger partial charge is 0.433 e. The van der Waals surface area contributed by atoms with Crippen molar-refractivity contribution in [2.24, 2.45) is 11.3 Å². The first-order valence-corrected chi connectivity index (χ1v) is 12.5. The van der Waals surface area contributed by atoms with Crippen LogP contribution >= 0.6 is 11.6 Å². The van der Waals surface area contributed by atoms with Crippen molar-refractivity contribution in [3.63, 3.8) is 0 Å². The molecular weight excluding hydrogens is 477 g/mol. The zero-order valence-electron chi connectivity index (χ0n) is 21.2. The molecule has 1 N–H and O–H groups in total. The average Bonchev–Trinajstić information content (AvgIpc) is 3.20. The van der Waals surface area contributed by atoms with Crippen molar-refractivity contribution in [1.29, 1.82) is 0 Å². The molecule has 0 bridgehead atoms. The number of alkyl halides is 3. The SMILES string of the molecule is C=C1NC=C(Cl)C(CCN(CC(C)(C)C)C(=O)c2cnn(C3CCC(C)CC3)c2C(F)(F)F)=C1C. The molecule has 2 aliphatic rings. The average molecular weight is 513 g/mol. The Balaban J connectivity index is 1.93. The quantitative estimate of drug-likeness (QED) is 0.444. The van der Waals surface area contributed by atoms with E-state index in [0.29, 0.717) is 42.5 Å². The minimum atomic E-state index is -4.68. The van der Waals surface area contributed by atoms with Gasteiger partial charge in [-0.2, -0.15) is 18.3 Å². The van der Waals surface area contributed by atoms with E-state index in [0.717, 1.165) is 34.9 Å². The summed E-state index contributed by atoms with van der Waals surface area (Å²) >= 11 is 6.37. The van der Waals surface area contributed by atoms with Gasteiger partial charge >= 0.3 is 6.18 Å². The predicted octanol–water partition coefficient (Wildman–Crippen LogP) is 7.05. The number of dihydropyridines is 1. The normalized spacial score (nSPS) is 21.6. The number of nitrogens with zero attached hydrogens (tertiary/aromatic N) is 3. The fourth-order valence-electron chi connectivity index (χ4n) is 4.82. The second-order valence-electron chi connectivity index (χ2n) is 11.0. The molecule has 1 saturated carbocycles. The fraction of sp³-hybridized carbons (Fsp3) is 0.615. The summed E-state index contributed by atoms with van der Waals surface area (Å²) in [6.07, 6.45) is 1.41. The summed E-state index contributed by atoms with van der Waals surface area (Å²) in [6, 6.07) is -0.349. The summed E-state index contributed by atoms with van der Waals surface area (Å²) in [7, 11) is 0. The molecule has 0 atom stereocenters. The summed E-state index contributed by atoms with van der Waals surface area (Å²) < 4.78 is 43.9. The minimum Gasteiger partial charge on any atom is -0.361 e. The van der Waals surface area contributed by atoms with E-state index in [2.05, 4.69) is 23.9 Å². The van der Waals surface area contributed by atoms with E-state index < -0.39 is 17.8 Å². The maximum atomic E-state index is 14.3. The molecule has 0 aromatic carbocycles. The van der Waals surface area contributed by atoms with Gasteiger partial charge in [0.25, 0.3) is 5.91 Å². The highest BCUT2D eigenvalue weighted by atomic mass is 35.5. The number of carbonyl (C=O) groups excluding carboxylic acids is 1. The summed E-state index contributed by atoms with van der Waals surface area (Å²) in [5, 5.41) is 7.60. The van der Waals surface area contributed by atoms with Crippen LogP contribution in [0.1, 0.15) is 88.8 Å². The van der Waals surface area contributed by atoms with Crippen LogP contribution in [0.25, 0.3) is 0 Å². The lowest BCUT2D eigenvalue weighted by atomic mass is 9.87. The summed E-state index contributed by atoms with van der Waals surface area (Å²) in [6.45, 7) is 14.3. The second kappa shape index (κ2) is 10.4. The molecule has 1 aromatic rings. The lowest BCUT2D eigenvalue weighted by Gasteiger charge is -2.32. The third-order valence-electron chi connectivity index (χ3n) is 6.78. The first-order chi connectivity index (χ1) is 16.2. The number of halogens is 4. The smallest absolute Gasteiger partial charge is 0.361 e. The van der Waals surface area contributed by atoms with Crippen molar-refractivity contribution >= 4 is 17.5 Å². The van der Waals surface area contributed by atoms with E-state index in [9.17, 15) is 18.0 Å². The van der Waals surface area contributed by atoms with Gasteiger partial charge < -0.3 is 10.2 Å². The van der Waals surface area contributed by atoms with Crippen molar-refractivity contribution in [3.05, 3.63) is 52.1 Å². The Kier molecular flexibility index (Phi) is 8.14. The second-order valence-corrected chi connectivity index (χ2v) is 11.4. The van der Waals surface area contributed by atoms with Gasteiger partial charge in [-0.1, -0.05) is 45.9 Å². The maximum Gasteiger partial charge on any atom is 0.433 e. The molecule has 1 aliphatic heterocycles. The molecule has 35 heavy (non-hydrogen) atoms. The molecule has 5 nitrogen and oxygen atoms in total. The van der Waals surface area contributed by atoms with Crippen molar-refractivity contribution in [2.45, 2.75) is 78.9 Å². The van der Waals surface area contributed by atoms with Gasteiger partial charge in [0.2, 0.25) is 0 Å². The standard InChI is InChI=1S/C26H36ClF3N4O/c1-16-7-9-19(10-8-16)34-23(26(28,29)30)21(13-32-34)24(35)33(15-25(4,5)6)12-11-20-17(2)18(3)31-14-22(20)27/h13-14,16,19,31H,3,7-12,15H2,1-2,4-6H3. The Labute approximate surface area is 211 Å². The third kappa shape index (κ3) is 6.51. The third-order valence-corrected chi connectivity index (χ3v) is 7.11. The van der Waals surface area contributed by atoms with E-state index in [4.69, 9.17) is 11.6 Å². The van der Waals surface area contributed by atoms with E-state index in [-0.39, 0.29) is 23.6 Å². The van der Waals surface area contributed by atoms with Crippen molar-refractivity contribution in [2.75, 3.05) is 13.1 Å². The van der Waals surface area contributed by atoms with Crippen LogP contribution in [0.15, 0.2) is 40.9 Å². The van der Waals surface area contributed by atoms with Crippen molar-refractivity contribution < 1.29 is 18.0 Å². The number of nitrogens with one attached hydrogen (secondary N) is 1.